The number of H-pyrrole nitrogens is 1. The summed E-state index contributed by atoms with van der Waals surface area (Å²) in [5.41, 5.74) is 5.71. The van der Waals surface area contributed by atoms with Gasteiger partial charge >= 0.3 is 0 Å². The summed E-state index contributed by atoms with van der Waals surface area (Å²) < 4.78 is 0. The summed E-state index contributed by atoms with van der Waals surface area (Å²) in [7, 11) is 0. The molecule has 0 atom stereocenters. The van der Waals surface area contributed by atoms with Crippen LogP contribution in [0.2, 0.25) is 0 Å². The summed E-state index contributed by atoms with van der Waals surface area (Å²) in [4.78, 5) is 0. The van der Waals surface area contributed by atoms with Gasteiger partial charge in [-0.15, -0.1) is 0 Å². The number of aromatic amines is 1. The van der Waals surface area contributed by atoms with Crippen LogP contribution in [-0.2, 0) is 0 Å². The monoisotopic (exact) mass is 261 g/mol. The van der Waals surface area contributed by atoms with Gasteiger partial charge in [-0.3, -0.25) is 0 Å². The first-order valence-corrected chi connectivity index (χ1v) is 6.52. The van der Waals surface area contributed by atoms with Gasteiger partial charge in [0.05, 0.1) is 6.20 Å². The molecule has 20 heavy (non-hydrogen) atoms. The highest BCUT2D eigenvalue weighted by atomic mass is 15.3. The molecule has 0 aliphatic heterocycles. The van der Waals surface area contributed by atoms with E-state index in [2.05, 4.69) is 70.9 Å². The van der Waals surface area contributed by atoms with Crippen molar-refractivity contribution < 1.29 is 0 Å². The molecule has 98 valence electrons. The molecule has 0 bridgehead atoms. The van der Waals surface area contributed by atoms with Crippen molar-refractivity contribution in [2.75, 3.05) is 0 Å². The second kappa shape index (κ2) is 5.53. The fourth-order valence-electron chi connectivity index (χ4n) is 2.01. The van der Waals surface area contributed by atoms with Crippen LogP contribution in [0.25, 0.3) is 23.3 Å². The number of aryl methyl sites for hydroxylation is 1. The molecule has 0 saturated heterocycles. The maximum absolute atomic E-state index is 3.98. The third kappa shape index (κ3) is 2.83. The van der Waals surface area contributed by atoms with Gasteiger partial charge in [-0.05, 0) is 29.7 Å². The number of nitrogens with zero attached hydrogens (tertiary/aromatic N) is 2. The summed E-state index contributed by atoms with van der Waals surface area (Å²) in [5, 5.41) is 10.3. The summed E-state index contributed by atoms with van der Waals surface area (Å²) in [6.45, 7) is 2.10. The van der Waals surface area contributed by atoms with Crippen molar-refractivity contribution in [3.8, 4) is 11.1 Å². The average molecular weight is 261 g/mol. The predicted molar refractivity (Wildman–Crippen MR) is 81.9 cm³/mol. The van der Waals surface area contributed by atoms with E-state index in [-0.39, 0.29) is 0 Å². The minimum absolute atomic E-state index is 0.826. The Balaban J connectivity index is 1.79. The maximum atomic E-state index is 3.98. The van der Waals surface area contributed by atoms with Gasteiger partial charge in [0.25, 0.3) is 0 Å². The van der Waals surface area contributed by atoms with Gasteiger partial charge in [0.1, 0.15) is 5.69 Å². The van der Waals surface area contributed by atoms with Crippen LogP contribution < -0.4 is 0 Å². The van der Waals surface area contributed by atoms with Gasteiger partial charge in [-0.1, -0.05) is 60.2 Å². The lowest BCUT2D eigenvalue weighted by Gasteiger charge is -2.02. The van der Waals surface area contributed by atoms with Gasteiger partial charge in [-0.25, -0.2) is 0 Å². The Morgan fingerprint density at radius 1 is 0.850 bits per heavy atom. The Bertz CT molecular complexity index is 693. The van der Waals surface area contributed by atoms with Crippen molar-refractivity contribution in [1.29, 1.82) is 0 Å². The molecule has 3 rings (SSSR count). The third-order valence-corrected chi connectivity index (χ3v) is 3.18. The van der Waals surface area contributed by atoms with Crippen LogP contribution in [0.1, 0.15) is 16.8 Å². The zero-order valence-electron chi connectivity index (χ0n) is 11.2. The van der Waals surface area contributed by atoms with Gasteiger partial charge < -0.3 is 0 Å². The Morgan fingerprint density at radius 2 is 1.50 bits per heavy atom. The molecule has 1 heterocycles. The van der Waals surface area contributed by atoms with Crippen LogP contribution in [-0.4, -0.2) is 15.4 Å². The van der Waals surface area contributed by atoms with E-state index < -0.39 is 0 Å². The molecule has 0 spiro atoms. The van der Waals surface area contributed by atoms with Crippen LogP contribution in [0.4, 0.5) is 0 Å². The molecule has 2 aromatic carbocycles. The molecular formula is C17H15N3. The summed E-state index contributed by atoms with van der Waals surface area (Å²) in [6.07, 6.45) is 5.65. The number of aromatic nitrogens is 3. The SMILES string of the molecule is Cc1ccc(-c2ccc(C=Cc3cn[nH]n3)cc2)cc1. The summed E-state index contributed by atoms with van der Waals surface area (Å²) in [5.74, 6) is 0. The lowest BCUT2D eigenvalue weighted by molar-refractivity contribution is 0.937. The van der Waals surface area contributed by atoms with Crippen molar-refractivity contribution in [2.24, 2.45) is 0 Å². The third-order valence-electron chi connectivity index (χ3n) is 3.18. The molecule has 0 radical (unpaired) electrons. The quantitative estimate of drug-likeness (QED) is 0.775. The van der Waals surface area contributed by atoms with E-state index in [9.17, 15) is 0 Å². The van der Waals surface area contributed by atoms with Crippen molar-refractivity contribution >= 4 is 12.2 Å². The van der Waals surface area contributed by atoms with Gasteiger partial charge in [0.2, 0.25) is 0 Å². The van der Waals surface area contributed by atoms with Gasteiger partial charge in [0, 0.05) is 0 Å². The van der Waals surface area contributed by atoms with Crippen molar-refractivity contribution in [2.45, 2.75) is 6.92 Å². The molecule has 0 aliphatic rings. The summed E-state index contributed by atoms with van der Waals surface area (Å²) in [6, 6.07) is 17.0. The van der Waals surface area contributed by atoms with Crippen LogP contribution in [0.3, 0.4) is 0 Å². The molecule has 0 unspecified atom stereocenters. The van der Waals surface area contributed by atoms with E-state index in [0.717, 1.165) is 11.3 Å². The van der Waals surface area contributed by atoms with Gasteiger partial charge in [0.15, 0.2) is 0 Å². The smallest absolute Gasteiger partial charge is 0.105 e. The predicted octanol–water partition coefficient (Wildman–Crippen LogP) is 3.95. The first kappa shape index (κ1) is 12.4. The lowest BCUT2D eigenvalue weighted by Crippen LogP contribution is -1.79. The second-order valence-electron chi connectivity index (χ2n) is 4.72. The van der Waals surface area contributed by atoms with E-state index in [1.54, 1.807) is 6.20 Å². The zero-order chi connectivity index (χ0) is 13.8. The first-order valence-electron chi connectivity index (χ1n) is 6.52. The van der Waals surface area contributed by atoms with Crippen LogP contribution in [0.5, 0.6) is 0 Å². The Kier molecular flexibility index (Phi) is 3.42. The highest BCUT2D eigenvalue weighted by Gasteiger charge is 1.97. The molecule has 3 aromatic rings. The second-order valence-corrected chi connectivity index (χ2v) is 4.72. The fraction of sp³-hybridized carbons (Fsp3) is 0.0588. The molecule has 0 saturated carbocycles. The molecule has 0 fully saturated rings. The standard InChI is InChI=1S/C17H15N3/c1-13-2-7-15(8-3-13)16-9-4-14(5-10-16)6-11-17-12-18-20-19-17/h2-12H,1H3,(H,18,19,20). The van der Waals surface area contributed by atoms with E-state index >= 15 is 0 Å². The highest BCUT2D eigenvalue weighted by Crippen LogP contribution is 2.20. The lowest BCUT2D eigenvalue weighted by atomic mass is 10.0. The number of benzene rings is 2. The molecule has 0 amide bonds. The summed E-state index contributed by atoms with van der Waals surface area (Å²) >= 11 is 0. The number of nitrogens with one attached hydrogen (secondary N) is 1. The van der Waals surface area contributed by atoms with Gasteiger partial charge in [-0.2, -0.15) is 15.4 Å². The topological polar surface area (TPSA) is 41.6 Å². The normalized spacial score (nSPS) is 11.1. The molecule has 0 aliphatic carbocycles. The first-order chi connectivity index (χ1) is 9.81. The van der Waals surface area contributed by atoms with Crippen molar-refractivity contribution in [1.82, 2.24) is 15.4 Å². The van der Waals surface area contributed by atoms with Crippen LogP contribution in [0, 0.1) is 6.92 Å². The Hall–Kier alpha value is -2.68. The highest BCUT2D eigenvalue weighted by molar-refractivity contribution is 5.70. The molecule has 3 nitrogen and oxygen atoms in total. The fourth-order valence-corrected chi connectivity index (χ4v) is 2.01. The largest absolute Gasteiger partial charge is 0.197 e. The van der Waals surface area contributed by atoms with E-state index in [1.807, 2.05) is 12.2 Å². The van der Waals surface area contributed by atoms with Crippen LogP contribution >= 0.6 is 0 Å². The van der Waals surface area contributed by atoms with E-state index in [0.29, 0.717) is 0 Å². The minimum atomic E-state index is 0.826. The Morgan fingerprint density at radius 3 is 2.10 bits per heavy atom. The molecule has 1 aromatic heterocycles. The van der Waals surface area contributed by atoms with E-state index in [4.69, 9.17) is 0 Å². The van der Waals surface area contributed by atoms with E-state index in [1.165, 1.54) is 16.7 Å². The Labute approximate surface area is 118 Å². The number of hydrogen-bond acceptors (Lipinski definition) is 2. The van der Waals surface area contributed by atoms with Crippen LogP contribution in [0.15, 0.2) is 54.7 Å². The average Bonchev–Trinajstić information content (AvgIpc) is 3.00. The zero-order valence-corrected chi connectivity index (χ0v) is 11.2. The minimum Gasteiger partial charge on any atom is -0.197 e. The number of hydrogen-bond donors (Lipinski definition) is 1. The molecule has 3 heteroatoms. The number of rotatable bonds is 3. The van der Waals surface area contributed by atoms with Crippen molar-refractivity contribution in [3.63, 3.8) is 0 Å². The van der Waals surface area contributed by atoms with Crippen molar-refractivity contribution in [3.05, 3.63) is 71.5 Å². The molecule has 1 N–H and O–H groups in total. The molecular weight excluding hydrogens is 246 g/mol. The maximum Gasteiger partial charge on any atom is 0.105 e.